The van der Waals surface area contributed by atoms with Crippen LogP contribution in [0.5, 0.6) is 0 Å². The van der Waals surface area contributed by atoms with E-state index < -0.39 is 5.41 Å². The van der Waals surface area contributed by atoms with Crippen molar-refractivity contribution in [1.82, 2.24) is 0 Å². The largest absolute Gasteiger partial charge is 0.308 e. The van der Waals surface area contributed by atoms with E-state index in [-0.39, 0.29) is 0 Å². The summed E-state index contributed by atoms with van der Waals surface area (Å²) in [6, 6.07) is 90.0. The summed E-state index contributed by atoms with van der Waals surface area (Å²) in [5.41, 5.74) is 23.6. The molecule has 2 heteroatoms. The highest BCUT2D eigenvalue weighted by molar-refractivity contribution is 6.08. The molecule has 0 N–H and O–H groups in total. The van der Waals surface area contributed by atoms with Gasteiger partial charge in [-0.3, -0.25) is 0 Å². The monoisotopic (exact) mass is 800 g/mol. The van der Waals surface area contributed by atoms with E-state index in [0.717, 1.165) is 34.1 Å². The molecule has 13 rings (SSSR count). The molecule has 63 heavy (non-hydrogen) atoms. The molecule has 0 amide bonds. The first kappa shape index (κ1) is 35.5. The number of nitrogens with zero attached hydrogens (tertiary/aromatic N) is 2. The first-order valence-electron chi connectivity index (χ1n) is 21.9. The van der Waals surface area contributed by atoms with Crippen LogP contribution in [0.2, 0.25) is 0 Å². The fourth-order valence-corrected chi connectivity index (χ4v) is 11.2. The molecule has 10 aromatic carbocycles. The van der Waals surface area contributed by atoms with Gasteiger partial charge in [-0.25, -0.2) is 0 Å². The predicted molar refractivity (Wildman–Crippen MR) is 262 cm³/mol. The van der Waals surface area contributed by atoms with Crippen LogP contribution in [0.1, 0.15) is 22.3 Å². The van der Waals surface area contributed by atoms with Crippen molar-refractivity contribution < 1.29 is 0 Å². The van der Waals surface area contributed by atoms with E-state index >= 15 is 0 Å². The van der Waals surface area contributed by atoms with Gasteiger partial charge in [-0.15, -0.1) is 0 Å². The minimum atomic E-state index is -0.599. The average molecular weight is 801 g/mol. The molecule has 0 fully saturated rings. The van der Waals surface area contributed by atoms with Gasteiger partial charge >= 0.3 is 0 Å². The van der Waals surface area contributed by atoms with Gasteiger partial charge in [-0.1, -0.05) is 194 Å². The molecular weight excluding hydrogens is 761 g/mol. The summed E-state index contributed by atoms with van der Waals surface area (Å²) in [6.45, 7) is 0. The molecule has 2 nitrogen and oxygen atoms in total. The molecule has 0 saturated carbocycles. The van der Waals surface area contributed by atoms with E-state index in [4.69, 9.17) is 0 Å². The molecule has 294 valence electrons. The normalized spacial score (nSPS) is 13.2. The maximum Gasteiger partial charge on any atom is 0.0781 e. The van der Waals surface area contributed by atoms with E-state index in [1.807, 2.05) is 0 Å². The van der Waals surface area contributed by atoms with E-state index in [0.29, 0.717) is 0 Å². The van der Waals surface area contributed by atoms with Crippen molar-refractivity contribution in [2.24, 2.45) is 0 Å². The van der Waals surface area contributed by atoms with Crippen LogP contribution in [0.15, 0.2) is 243 Å². The summed E-state index contributed by atoms with van der Waals surface area (Å²) in [7, 11) is 0. The maximum absolute atomic E-state index is 2.52. The van der Waals surface area contributed by atoms with E-state index in [1.54, 1.807) is 0 Å². The lowest BCUT2D eigenvalue weighted by atomic mass is 9.66. The summed E-state index contributed by atoms with van der Waals surface area (Å²) in [5, 5.41) is 0. The van der Waals surface area contributed by atoms with Crippen molar-refractivity contribution in [3.05, 3.63) is 265 Å². The van der Waals surface area contributed by atoms with Crippen LogP contribution in [-0.4, -0.2) is 0 Å². The van der Waals surface area contributed by atoms with Gasteiger partial charge in [0, 0.05) is 28.2 Å². The summed E-state index contributed by atoms with van der Waals surface area (Å²) in [5.74, 6) is 0. The van der Waals surface area contributed by atoms with Crippen LogP contribution < -0.4 is 9.80 Å². The van der Waals surface area contributed by atoms with Crippen LogP contribution in [-0.2, 0) is 5.41 Å². The quantitative estimate of drug-likeness (QED) is 0.175. The molecule has 0 bridgehead atoms. The lowest BCUT2D eigenvalue weighted by molar-refractivity contribution is 0.775. The molecule has 0 unspecified atom stereocenters. The van der Waals surface area contributed by atoms with Crippen LogP contribution in [0.25, 0.3) is 55.6 Å². The van der Waals surface area contributed by atoms with Crippen molar-refractivity contribution in [3.63, 3.8) is 0 Å². The highest BCUT2D eigenvalue weighted by atomic mass is 15.2. The minimum Gasteiger partial charge on any atom is -0.308 e. The molecule has 0 radical (unpaired) electrons. The second kappa shape index (κ2) is 13.9. The summed E-state index contributed by atoms with van der Waals surface area (Å²) >= 11 is 0. The molecule has 1 heterocycles. The lowest BCUT2D eigenvalue weighted by Crippen LogP contribution is -2.29. The van der Waals surface area contributed by atoms with E-state index in [2.05, 4.69) is 252 Å². The van der Waals surface area contributed by atoms with Crippen LogP contribution in [0.4, 0.5) is 34.1 Å². The Morgan fingerprint density at radius 1 is 0.286 bits per heavy atom. The molecule has 1 aliphatic heterocycles. The third-order valence-electron chi connectivity index (χ3n) is 13.6. The second-order valence-corrected chi connectivity index (χ2v) is 16.7. The molecular formula is C61H40N2. The average Bonchev–Trinajstić information content (AvgIpc) is 3.52. The third-order valence-corrected chi connectivity index (χ3v) is 13.6. The predicted octanol–water partition coefficient (Wildman–Crippen LogP) is 16.3. The van der Waals surface area contributed by atoms with Gasteiger partial charge in [0.05, 0.1) is 22.5 Å². The van der Waals surface area contributed by atoms with Gasteiger partial charge in [0.25, 0.3) is 0 Å². The Hall–Kier alpha value is -8.20. The van der Waals surface area contributed by atoms with Gasteiger partial charge in [0.15, 0.2) is 0 Å². The van der Waals surface area contributed by atoms with Crippen LogP contribution in [0, 0.1) is 0 Å². The van der Waals surface area contributed by atoms with Gasteiger partial charge in [0.2, 0.25) is 0 Å². The zero-order chi connectivity index (χ0) is 41.5. The van der Waals surface area contributed by atoms with Gasteiger partial charge in [0.1, 0.15) is 0 Å². The number of para-hydroxylation sites is 4. The highest BCUT2D eigenvalue weighted by Gasteiger charge is 2.50. The zero-order valence-corrected chi connectivity index (χ0v) is 34.5. The number of benzene rings is 10. The topological polar surface area (TPSA) is 6.48 Å². The van der Waals surface area contributed by atoms with Crippen molar-refractivity contribution >= 4 is 34.1 Å². The fraction of sp³-hybridized carbons (Fsp3) is 0.0164. The van der Waals surface area contributed by atoms with Crippen molar-refractivity contribution in [2.75, 3.05) is 9.80 Å². The first-order valence-corrected chi connectivity index (χ1v) is 21.9. The minimum absolute atomic E-state index is 0.599. The molecule has 1 spiro atoms. The van der Waals surface area contributed by atoms with Crippen LogP contribution in [0.3, 0.4) is 0 Å². The summed E-state index contributed by atoms with van der Waals surface area (Å²) in [6.07, 6.45) is 0. The SMILES string of the molecule is c1ccc(N(c2ccc3c(c2)C2(c4ccccc4-c4ccccc4-3)c3ccccc3-c3ccccc32)c2cccc3c2N(c2ccccc2)c2ccccc2-c2ccccc2-3)cc1. The molecule has 3 aliphatic rings. The molecule has 10 aromatic rings. The standard InChI is InChI=1S/C61H40N2/c1-3-20-41(21-4-1)62(59-37-19-32-53-47-27-10-9-26-46(47)52-31-14-18-36-58(52)63(60(53)59)42-22-5-2-6-23-42)43-38-39-51-45-25-8-7-24-44(45)48-28-11-15-33-54(48)61(57(51)40-43)55-34-16-12-29-49(55)50-30-13-17-35-56(50)61/h1-40H. The summed E-state index contributed by atoms with van der Waals surface area (Å²) < 4.78 is 0. The number of rotatable bonds is 4. The Labute approximate surface area is 368 Å². The smallest absolute Gasteiger partial charge is 0.0781 e. The number of anilines is 6. The van der Waals surface area contributed by atoms with E-state index in [9.17, 15) is 0 Å². The summed E-state index contributed by atoms with van der Waals surface area (Å²) in [4.78, 5) is 4.98. The lowest BCUT2D eigenvalue weighted by Gasteiger charge is -2.37. The van der Waals surface area contributed by atoms with Crippen molar-refractivity contribution in [3.8, 4) is 55.6 Å². The maximum atomic E-state index is 2.52. The Bertz CT molecular complexity index is 3380. The molecule has 0 aromatic heterocycles. The number of fused-ring (bicyclic) bond motifs is 17. The Morgan fingerprint density at radius 2 is 0.714 bits per heavy atom. The van der Waals surface area contributed by atoms with Gasteiger partial charge in [-0.05, 0) is 115 Å². The Kier molecular flexibility index (Phi) is 7.85. The zero-order valence-electron chi connectivity index (χ0n) is 34.5. The first-order chi connectivity index (χ1) is 31.3. The third kappa shape index (κ3) is 5.07. The van der Waals surface area contributed by atoms with Crippen molar-refractivity contribution in [1.29, 1.82) is 0 Å². The molecule has 2 aliphatic carbocycles. The fourth-order valence-electron chi connectivity index (χ4n) is 11.2. The van der Waals surface area contributed by atoms with E-state index in [1.165, 1.54) is 77.9 Å². The number of hydrogen-bond acceptors (Lipinski definition) is 2. The van der Waals surface area contributed by atoms with Crippen molar-refractivity contribution in [2.45, 2.75) is 5.41 Å². The Morgan fingerprint density at radius 3 is 1.32 bits per heavy atom. The molecule has 0 atom stereocenters. The van der Waals surface area contributed by atoms with Gasteiger partial charge in [-0.2, -0.15) is 0 Å². The molecule has 0 saturated heterocycles. The van der Waals surface area contributed by atoms with Gasteiger partial charge < -0.3 is 9.80 Å². The van der Waals surface area contributed by atoms with Crippen LogP contribution >= 0.6 is 0 Å². The highest BCUT2D eigenvalue weighted by Crippen LogP contribution is 2.63. The Balaban J connectivity index is 1.16. The second-order valence-electron chi connectivity index (χ2n) is 16.7. The number of hydrogen-bond donors (Lipinski definition) is 0.